The molecule has 0 spiro atoms. The van der Waals surface area contributed by atoms with Crippen LogP contribution in [0.1, 0.15) is 13.8 Å². The van der Waals surface area contributed by atoms with Crippen LogP contribution < -0.4 is 5.32 Å². The molecule has 56 valence electrons. The molecule has 1 heterocycles. The molecule has 0 bridgehead atoms. The zero-order chi connectivity index (χ0) is 7.82. The van der Waals surface area contributed by atoms with Crippen LogP contribution in [-0.4, -0.2) is 10.2 Å². The largest absolute Gasteiger partial charge is 0.428 e. The van der Waals surface area contributed by atoms with E-state index in [-0.39, 0.29) is 0 Å². The molecule has 0 amide bonds. The van der Waals surface area contributed by atoms with Gasteiger partial charge in [0.05, 0.1) is 6.20 Å². The van der Waals surface area contributed by atoms with Crippen LogP contribution in [-0.2, 0) is 0 Å². The second kappa shape index (κ2) is 6.16. The Morgan fingerprint density at radius 2 is 2.20 bits per heavy atom. The van der Waals surface area contributed by atoms with Crippen LogP contribution in [0.3, 0.4) is 0 Å². The Morgan fingerprint density at radius 3 is 2.50 bits per heavy atom. The van der Waals surface area contributed by atoms with Crippen LogP contribution in [0.2, 0.25) is 0 Å². The van der Waals surface area contributed by atoms with Crippen molar-refractivity contribution >= 4 is 5.82 Å². The van der Waals surface area contributed by atoms with Crippen molar-refractivity contribution in [2.45, 2.75) is 13.8 Å². The number of nitrogens with two attached hydrogens (primary N) is 1. The Bertz CT molecular complexity index is 150. The normalized spacial score (nSPS) is 7.90. The van der Waals surface area contributed by atoms with E-state index in [0.717, 1.165) is 5.82 Å². The van der Waals surface area contributed by atoms with Gasteiger partial charge in [0.2, 0.25) is 5.82 Å². The summed E-state index contributed by atoms with van der Waals surface area (Å²) in [6.45, 7) is 4.00. The highest BCUT2D eigenvalue weighted by Crippen LogP contribution is 1.84. The van der Waals surface area contributed by atoms with Crippen LogP contribution in [0.25, 0.3) is 0 Å². The minimum atomic E-state index is 0.813. The summed E-state index contributed by atoms with van der Waals surface area (Å²) < 4.78 is 0. The maximum absolute atomic E-state index is 3.73. The lowest BCUT2D eigenvalue weighted by Gasteiger charge is -1.91. The Morgan fingerprint density at radius 1 is 1.50 bits per heavy atom. The van der Waals surface area contributed by atoms with E-state index in [1.807, 2.05) is 26.0 Å². The van der Waals surface area contributed by atoms with E-state index in [1.54, 1.807) is 11.5 Å². The van der Waals surface area contributed by atoms with Gasteiger partial charge in [0.1, 0.15) is 0 Å². The highest BCUT2D eigenvalue weighted by molar-refractivity contribution is 5.11. The molecule has 0 aliphatic heterocycles. The van der Waals surface area contributed by atoms with E-state index in [1.165, 1.54) is 0 Å². The maximum Gasteiger partial charge on any atom is 0.217 e. The highest BCUT2D eigenvalue weighted by atomic mass is 15.2. The van der Waals surface area contributed by atoms with Crippen molar-refractivity contribution in [2.24, 2.45) is 0 Å². The molecule has 3 heteroatoms. The molecular formula is C7H13N3. The topological polar surface area (TPSA) is 42.4 Å². The lowest BCUT2D eigenvalue weighted by molar-refractivity contribution is -0.509. The van der Waals surface area contributed by atoms with Gasteiger partial charge in [-0.15, -0.1) is 7.05 Å². The van der Waals surface area contributed by atoms with E-state index >= 15 is 0 Å². The zero-order valence-corrected chi connectivity index (χ0v) is 6.41. The Balaban J connectivity index is 0.000000371. The zero-order valence-electron chi connectivity index (χ0n) is 6.41. The first-order valence-electron chi connectivity index (χ1n) is 3.33. The molecule has 1 aromatic rings. The van der Waals surface area contributed by atoms with Crippen molar-refractivity contribution in [3.63, 3.8) is 0 Å². The summed E-state index contributed by atoms with van der Waals surface area (Å²) in [5.41, 5.74) is 0. The lowest BCUT2D eigenvalue weighted by Crippen LogP contribution is -2.70. The molecule has 10 heavy (non-hydrogen) atoms. The standard InChI is InChI=1S/C5H7N3.C2H6/c1-6-5-3-2-4-7-8-5;1-2/h2-4H,1,6H2;1-2H3. The van der Waals surface area contributed by atoms with Crippen molar-refractivity contribution in [1.29, 1.82) is 0 Å². The molecular weight excluding hydrogens is 126 g/mol. The minimum Gasteiger partial charge on any atom is -0.428 e. The first-order valence-corrected chi connectivity index (χ1v) is 3.33. The van der Waals surface area contributed by atoms with E-state index in [9.17, 15) is 0 Å². The summed E-state index contributed by atoms with van der Waals surface area (Å²) in [4.78, 5) is 0. The van der Waals surface area contributed by atoms with Crippen LogP contribution in [0.15, 0.2) is 18.3 Å². The van der Waals surface area contributed by atoms with Crippen LogP contribution >= 0.6 is 0 Å². The first-order chi connectivity index (χ1) is 4.93. The van der Waals surface area contributed by atoms with Gasteiger partial charge in [-0.05, 0) is 6.07 Å². The van der Waals surface area contributed by atoms with E-state index in [2.05, 4.69) is 17.2 Å². The van der Waals surface area contributed by atoms with Crippen molar-refractivity contribution in [3.05, 3.63) is 25.4 Å². The Hall–Kier alpha value is -0.960. The molecule has 0 atom stereocenters. The molecule has 0 aliphatic carbocycles. The van der Waals surface area contributed by atoms with Gasteiger partial charge in [-0.25, -0.2) is 0 Å². The third-order valence-corrected chi connectivity index (χ3v) is 0.802. The molecule has 0 unspecified atom stereocenters. The number of hydrogen-bond acceptors (Lipinski definition) is 2. The van der Waals surface area contributed by atoms with Crippen LogP contribution in [0.5, 0.6) is 0 Å². The average Bonchev–Trinajstić information content (AvgIpc) is 2.10. The van der Waals surface area contributed by atoms with E-state index in [4.69, 9.17) is 0 Å². The number of nitrogens with zero attached hydrogens (tertiary/aromatic N) is 2. The summed E-state index contributed by atoms with van der Waals surface area (Å²) in [6.07, 6.45) is 1.63. The van der Waals surface area contributed by atoms with E-state index in [0.29, 0.717) is 0 Å². The fraction of sp³-hybridized carbons (Fsp3) is 0.286. The maximum atomic E-state index is 3.73. The Labute approximate surface area is 61.5 Å². The number of hydrogen-bond donors (Lipinski definition) is 1. The van der Waals surface area contributed by atoms with Crippen LogP contribution in [0, 0.1) is 7.05 Å². The van der Waals surface area contributed by atoms with Crippen molar-refractivity contribution in [2.75, 3.05) is 0 Å². The van der Waals surface area contributed by atoms with Crippen molar-refractivity contribution in [1.82, 2.24) is 10.2 Å². The predicted molar refractivity (Wildman–Crippen MR) is 40.3 cm³/mol. The molecule has 0 radical (unpaired) electrons. The van der Waals surface area contributed by atoms with Gasteiger partial charge in [-0.1, -0.05) is 18.9 Å². The molecule has 0 aromatic carbocycles. The highest BCUT2D eigenvalue weighted by Gasteiger charge is 1.83. The summed E-state index contributed by atoms with van der Waals surface area (Å²) in [5.74, 6) is 0.813. The molecule has 3 nitrogen and oxygen atoms in total. The molecule has 1 rings (SSSR count). The minimum absolute atomic E-state index is 0.813. The molecule has 0 saturated heterocycles. The van der Waals surface area contributed by atoms with Gasteiger partial charge in [0, 0.05) is 6.07 Å². The summed E-state index contributed by atoms with van der Waals surface area (Å²) in [7, 11) is 3.53. The molecule has 0 fully saturated rings. The monoisotopic (exact) mass is 139 g/mol. The second-order valence-corrected chi connectivity index (χ2v) is 1.35. The van der Waals surface area contributed by atoms with Crippen LogP contribution in [0.4, 0.5) is 5.82 Å². The van der Waals surface area contributed by atoms with Crippen molar-refractivity contribution in [3.8, 4) is 0 Å². The predicted octanol–water partition coefficient (Wildman–Crippen LogP) is 0.489. The molecule has 1 aromatic heterocycles. The lowest BCUT2D eigenvalue weighted by atomic mass is 10.5. The fourth-order valence-electron chi connectivity index (χ4n) is 0.422. The number of quaternary nitrogens is 1. The van der Waals surface area contributed by atoms with Gasteiger partial charge < -0.3 is 5.32 Å². The SMILES string of the molecule is CC.[CH2-][NH2+]c1cccnn1. The number of aromatic nitrogens is 2. The van der Waals surface area contributed by atoms with Gasteiger partial charge in [-0.2, -0.15) is 5.10 Å². The molecule has 0 aliphatic rings. The third-order valence-electron chi connectivity index (χ3n) is 0.802. The smallest absolute Gasteiger partial charge is 0.217 e. The summed E-state index contributed by atoms with van der Waals surface area (Å²) >= 11 is 0. The van der Waals surface area contributed by atoms with E-state index < -0.39 is 0 Å². The second-order valence-electron chi connectivity index (χ2n) is 1.35. The fourth-order valence-corrected chi connectivity index (χ4v) is 0.422. The summed E-state index contributed by atoms with van der Waals surface area (Å²) in [6, 6.07) is 3.67. The first kappa shape index (κ1) is 9.04. The van der Waals surface area contributed by atoms with Gasteiger partial charge in [0.25, 0.3) is 0 Å². The van der Waals surface area contributed by atoms with Gasteiger partial charge >= 0.3 is 0 Å². The van der Waals surface area contributed by atoms with Gasteiger partial charge in [0.15, 0.2) is 0 Å². The summed E-state index contributed by atoms with van der Waals surface area (Å²) in [5, 5.41) is 9.02. The molecule has 0 saturated carbocycles. The Kier molecular flexibility index (Phi) is 5.57. The van der Waals surface area contributed by atoms with Gasteiger partial charge in [-0.3, -0.25) is 0 Å². The molecule has 2 N–H and O–H groups in total. The average molecular weight is 139 g/mol. The number of rotatable bonds is 1. The van der Waals surface area contributed by atoms with Crippen molar-refractivity contribution < 1.29 is 5.32 Å². The quantitative estimate of drug-likeness (QED) is 0.575. The third kappa shape index (κ3) is 3.14.